The van der Waals surface area contributed by atoms with Crippen molar-refractivity contribution in [1.82, 2.24) is 9.97 Å². The molecule has 6 heteroatoms. The van der Waals surface area contributed by atoms with E-state index in [1.807, 2.05) is 51.4 Å². The molecule has 1 aliphatic carbocycles. The molecule has 2 aromatic carbocycles. The molecular formula is C45H55IrN2O2S-. The number of hydrogen-bond donors (Lipinski definition) is 1. The van der Waals surface area contributed by atoms with E-state index in [9.17, 15) is 9.90 Å². The summed E-state index contributed by atoms with van der Waals surface area (Å²) in [6, 6.07) is 19.1. The number of rotatable bonds is 10. The molecule has 0 unspecified atom stereocenters. The predicted molar refractivity (Wildman–Crippen MR) is 213 cm³/mol. The minimum atomic E-state index is 0. The molecule has 5 aromatic rings. The summed E-state index contributed by atoms with van der Waals surface area (Å²) in [5, 5.41) is 13.5. The molecule has 0 saturated heterocycles. The zero-order valence-electron chi connectivity index (χ0n) is 31.9. The van der Waals surface area contributed by atoms with Crippen molar-refractivity contribution in [2.75, 3.05) is 0 Å². The molecular weight excluding hydrogens is 825 g/mol. The number of nitrogens with zero attached hydrogens (tertiary/aromatic N) is 2. The molecule has 4 nitrogen and oxygen atoms in total. The van der Waals surface area contributed by atoms with Crippen LogP contribution in [0.4, 0.5) is 0 Å². The van der Waals surface area contributed by atoms with Gasteiger partial charge in [0.05, 0.1) is 5.76 Å². The van der Waals surface area contributed by atoms with Gasteiger partial charge in [-0.2, -0.15) is 0 Å². The van der Waals surface area contributed by atoms with Crippen molar-refractivity contribution >= 4 is 38.0 Å². The van der Waals surface area contributed by atoms with E-state index in [4.69, 9.17) is 9.97 Å². The van der Waals surface area contributed by atoms with E-state index in [1.54, 1.807) is 0 Å². The van der Waals surface area contributed by atoms with Crippen molar-refractivity contribution in [3.05, 3.63) is 94.5 Å². The Morgan fingerprint density at radius 3 is 2.25 bits per heavy atom. The Kier molecular flexibility index (Phi) is 14.0. The number of aromatic nitrogens is 2. The maximum Gasteiger partial charge on any atom is 0.162 e. The maximum atomic E-state index is 11.7. The Balaban J connectivity index is 0.000000312. The second-order valence-corrected chi connectivity index (χ2v) is 16.3. The Morgan fingerprint density at radius 1 is 0.941 bits per heavy atom. The topological polar surface area (TPSA) is 63.1 Å². The van der Waals surface area contributed by atoms with Gasteiger partial charge in [0.15, 0.2) is 5.78 Å². The minimum Gasteiger partial charge on any atom is -0.512 e. The Morgan fingerprint density at radius 2 is 1.61 bits per heavy atom. The molecule has 0 bridgehead atoms. The smallest absolute Gasteiger partial charge is 0.162 e. The monoisotopic (exact) mass is 880 g/mol. The molecule has 0 spiro atoms. The standard InChI is InChI=1S/C32H31N2S.C13H24O2.Ir/c1-19(2)16-26-23-10-11-27-29(24(23)12-14-33-26)30-28(35-27)13-15-34-31(30)21-17-20-8-6-7-9-22(20)25(18-21)32(3,4)5;1-5-10(6-2)12(14)9-13(15)11(7-3)8-4;/h6-9,12-15,18-19H,10-11,16H2,1-5H3;9-11,14H,5-8H2,1-4H3;/q-1;;/b;12-9-;. The Labute approximate surface area is 323 Å². The van der Waals surface area contributed by atoms with Crippen molar-refractivity contribution in [2.24, 2.45) is 17.8 Å². The third-order valence-electron chi connectivity index (χ3n) is 10.2. The van der Waals surface area contributed by atoms with E-state index in [0.29, 0.717) is 5.92 Å². The second kappa shape index (κ2) is 17.6. The van der Waals surface area contributed by atoms with E-state index in [0.717, 1.165) is 61.6 Å². The third-order valence-corrected chi connectivity index (χ3v) is 11.4. The summed E-state index contributed by atoms with van der Waals surface area (Å²) in [7, 11) is 0. The summed E-state index contributed by atoms with van der Waals surface area (Å²) in [5.41, 5.74) is 8.93. The van der Waals surface area contributed by atoms with Crippen LogP contribution in [0.2, 0.25) is 0 Å². The molecule has 3 heterocycles. The average molecular weight is 880 g/mol. The van der Waals surface area contributed by atoms with Gasteiger partial charge >= 0.3 is 0 Å². The molecule has 1 aliphatic rings. The number of carbonyl (C=O) groups is 1. The summed E-state index contributed by atoms with van der Waals surface area (Å²) in [5.74, 6) is 1.14. The van der Waals surface area contributed by atoms with Crippen LogP contribution in [0.25, 0.3) is 43.2 Å². The number of benzene rings is 2. The largest absolute Gasteiger partial charge is 0.512 e. The number of hydrogen-bond acceptors (Lipinski definition) is 5. The van der Waals surface area contributed by atoms with Crippen molar-refractivity contribution < 1.29 is 30.0 Å². The van der Waals surface area contributed by atoms with E-state index >= 15 is 0 Å². The van der Waals surface area contributed by atoms with Gasteiger partial charge in [0.25, 0.3) is 0 Å². The van der Waals surface area contributed by atoms with Crippen LogP contribution < -0.4 is 0 Å². The summed E-state index contributed by atoms with van der Waals surface area (Å²) >= 11 is 1.93. The number of thiophene rings is 1. The number of ketones is 1. The summed E-state index contributed by atoms with van der Waals surface area (Å²) in [6.45, 7) is 19.5. The van der Waals surface area contributed by atoms with Gasteiger partial charge in [-0.15, -0.1) is 40.5 Å². The van der Waals surface area contributed by atoms with Crippen molar-refractivity contribution in [1.29, 1.82) is 0 Å². The van der Waals surface area contributed by atoms with Crippen LogP contribution in [0.5, 0.6) is 0 Å². The first kappa shape index (κ1) is 40.6. The fourth-order valence-corrected chi connectivity index (χ4v) is 8.58. The van der Waals surface area contributed by atoms with Gasteiger partial charge in [0, 0.05) is 71.4 Å². The minimum absolute atomic E-state index is 0. The van der Waals surface area contributed by atoms with Gasteiger partial charge in [0.1, 0.15) is 0 Å². The van der Waals surface area contributed by atoms with Crippen LogP contribution in [0.1, 0.15) is 110 Å². The summed E-state index contributed by atoms with van der Waals surface area (Å²) in [4.78, 5) is 23.0. The number of carbonyl (C=O) groups excluding carboxylic acids is 1. The van der Waals surface area contributed by atoms with Crippen LogP contribution in [0.3, 0.4) is 0 Å². The van der Waals surface area contributed by atoms with Crippen LogP contribution >= 0.6 is 11.3 Å². The molecule has 6 rings (SSSR count). The van der Waals surface area contributed by atoms with Gasteiger partial charge in [0.2, 0.25) is 0 Å². The Hall–Kier alpha value is -3.18. The Bertz CT molecular complexity index is 1990. The number of pyridine rings is 2. The molecule has 1 N–H and O–H groups in total. The van der Waals surface area contributed by atoms with Gasteiger partial charge in [-0.1, -0.05) is 91.5 Å². The molecule has 0 aliphatic heterocycles. The molecule has 0 amide bonds. The molecule has 0 atom stereocenters. The first-order chi connectivity index (χ1) is 23.9. The van der Waals surface area contributed by atoms with E-state index in [2.05, 4.69) is 83.1 Å². The number of aryl methyl sites for hydroxylation is 1. The quantitative estimate of drug-likeness (QED) is 0.0862. The van der Waals surface area contributed by atoms with Crippen LogP contribution in [0.15, 0.2) is 66.7 Å². The normalized spacial score (nSPS) is 12.9. The third kappa shape index (κ3) is 8.90. The van der Waals surface area contributed by atoms with E-state index in [1.165, 1.54) is 54.4 Å². The molecule has 273 valence electrons. The van der Waals surface area contributed by atoms with E-state index < -0.39 is 0 Å². The van der Waals surface area contributed by atoms with Gasteiger partial charge < -0.3 is 5.11 Å². The van der Waals surface area contributed by atoms with Crippen LogP contribution in [0, 0.1) is 23.8 Å². The van der Waals surface area contributed by atoms with Crippen LogP contribution in [-0.4, -0.2) is 20.9 Å². The summed E-state index contributed by atoms with van der Waals surface area (Å²) in [6.07, 6.45) is 12.1. The predicted octanol–water partition coefficient (Wildman–Crippen LogP) is 12.4. The van der Waals surface area contributed by atoms with Gasteiger partial charge in [-0.05, 0) is 90.5 Å². The first-order valence-corrected chi connectivity index (χ1v) is 19.5. The molecule has 3 aromatic heterocycles. The molecule has 0 fully saturated rings. The zero-order chi connectivity index (χ0) is 36.2. The first-order valence-electron chi connectivity index (χ1n) is 18.7. The number of fused-ring (bicyclic) bond motifs is 6. The molecule has 1 radical (unpaired) electrons. The maximum absolute atomic E-state index is 11.7. The van der Waals surface area contributed by atoms with Crippen LogP contribution in [-0.2, 0) is 49.6 Å². The van der Waals surface area contributed by atoms with Crippen molar-refractivity contribution in [3.63, 3.8) is 0 Å². The fraction of sp³-hybridized carbons (Fsp3) is 0.444. The number of aliphatic hydroxyl groups excluding tert-OH is 1. The van der Waals surface area contributed by atoms with Crippen molar-refractivity contribution in [2.45, 2.75) is 113 Å². The summed E-state index contributed by atoms with van der Waals surface area (Å²) < 4.78 is 1.31. The second-order valence-electron chi connectivity index (χ2n) is 15.2. The van der Waals surface area contributed by atoms with Crippen molar-refractivity contribution in [3.8, 4) is 22.4 Å². The molecule has 51 heavy (non-hydrogen) atoms. The average Bonchev–Trinajstić information content (AvgIpc) is 3.48. The van der Waals surface area contributed by atoms with E-state index in [-0.39, 0.29) is 48.9 Å². The number of allylic oxidation sites excluding steroid dienone is 2. The SMILES string of the molecule is CC(C)Cc1nccc2c1CCc1sc3ccnc(-c4[c-]c5ccccc5c(C(C)(C)C)c4)c3c1-2.CCC(CC)C(=O)/C=C(\O)C(CC)CC.[Ir]. The van der Waals surface area contributed by atoms with Gasteiger partial charge in [-0.3, -0.25) is 14.8 Å². The van der Waals surface area contributed by atoms with Gasteiger partial charge in [-0.25, -0.2) is 0 Å². The fourth-order valence-electron chi connectivity index (χ4n) is 7.37. The number of aliphatic hydroxyl groups is 1. The molecule has 0 saturated carbocycles. The zero-order valence-corrected chi connectivity index (χ0v) is 35.2.